The molecule has 0 aromatic carbocycles. The van der Waals surface area contributed by atoms with Gasteiger partial charge in [-0.3, -0.25) is 18.6 Å². The number of unbranched alkanes of at least 4 members (excludes halogenated alkanes) is 15. The fraction of sp³-hybridized carbons (Fsp3) is 0.860. The van der Waals surface area contributed by atoms with Gasteiger partial charge in [-0.2, -0.15) is 0 Å². The Balaban J connectivity index is 1.61. The smallest absolute Gasteiger partial charge is 0.462 e. The minimum Gasteiger partial charge on any atom is -0.462 e. The van der Waals surface area contributed by atoms with Crippen LogP contribution in [0.15, 0.2) is 24.3 Å². The van der Waals surface area contributed by atoms with Crippen LogP contribution in [0.3, 0.4) is 0 Å². The Hall–Kier alpha value is -1.59. The second kappa shape index (κ2) is 31.4. The number of epoxide rings is 2. The lowest BCUT2D eigenvalue weighted by Crippen LogP contribution is -2.29. The molecule has 0 aromatic rings. The number of phosphoric ester groups is 1. The second-order valence-corrected chi connectivity index (χ2v) is 17.1. The van der Waals surface area contributed by atoms with Gasteiger partial charge in [-0.25, -0.2) is 4.57 Å². The van der Waals surface area contributed by atoms with Crippen molar-refractivity contribution in [3.63, 3.8) is 0 Å². The summed E-state index contributed by atoms with van der Waals surface area (Å²) >= 11 is 0. The molecule has 0 aliphatic carbocycles. The Morgan fingerprint density at radius 2 is 1.27 bits per heavy atom. The van der Waals surface area contributed by atoms with E-state index in [1.807, 2.05) is 19.0 Å². The number of hydrogen-bond donors (Lipinski definition) is 1. The lowest BCUT2D eigenvalue weighted by molar-refractivity contribution is -0.161. The molecule has 2 fully saturated rings. The van der Waals surface area contributed by atoms with Gasteiger partial charge in [0, 0.05) is 25.8 Å². The SMILES string of the molecule is CCCCC/C=C\C/C=C\CC1OC1CC1OC1CCCC(=O)OC(COC(=O)CCCCCCCCCCCCCCC)COP(=O)(O)OCCN(C)C. The number of esters is 2. The number of carbonyl (C=O) groups excluding carboxylic acids is 2. The van der Waals surface area contributed by atoms with Crippen molar-refractivity contribution in [2.75, 3.05) is 40.5 Å². The molecular weight excluding hydrogens is 721 g/mol. The zero-order chi connectivity index (χ0) is 40.0. The molecule has 1 N–H and O–H groups in total. The van der Waals surface area contributed by atoms with E-state index in [0.29, 0.717) is 13.0 Å². The van der Waals surface area contributed by atoms with Crippen molar-refractivity contribution in [2.45, 2.75) is 198 Å². The summed E-state index contributed by atoms with van der Waals surface area (Å²) in [4.78, 5) is 37.2. The Bertz CT molecular complexity index is 1100. The number of likely N-dealkylation sites (N-methyl/N-ethyl adjacent to an activating group) is 1. The molecule has 320 valence electrons. The summed E-state index contributed by atoms with van der Waals surface area (Å²) in [5.74, 6) is -0.883. The van der Waals surface area contributed by atoms with Crippen molar-refractivity contribution in [3.05, 3.63) is 24.3 Å². The molecule has 6 atom stereocenters. The first kappa shape index (κ1) is 49.6. The number of ether oxygens (including phenoxy) is 4. The average molecular weight is 800 g/mol. The molecule has 2 saturated heterocycles. The van der Waals surface area contributed by atoms with Crippen molar-refractivity contribution in [3.8, 4) is 0 Å². The molecule has 2 rings (SSSR count). The van der Waals surface area contributed by atoms with Crippen LogP contribution < -0.4 is 0 Å². The van der Waals surface area contributed by atoms with Crippen LogP contribution in [0.4, 0.5) is 0 Å². The molecule has 2 aliphatic heterocycles. The number of allylic oxidation sites excluding steroid dienone is 3. The quantitative estimate of drug-likeness (QED) is 0.0210. The van der Waals surface area contributed by atoms with E-state index in [0.717, 1.165) is 51.4 Å². The van der Waals surface area contributed by atoms with Gasteiger partial charge in [-0.1, -0.05) is 128 Å². The third-order valence-electron chi connectivity index (χ3n) is 10.1. The molecule has 0 spiro atoms. The van der Waals surface area contributed by atoms with E-state index in [1.54, 1.807) is 0 Å². The number of phosphoric acid groups is 1. The Kier molecular flexibility index (Phi) is 28.3. The Morgan fingerprint density at radius 3 is 1.95 bits per heavy atom. The first-order valence-corrected chi connectivity index (χ1v) is 23.4. The Morgan fingerprint density at radius 1 is 0.691 bits per heavy atom. The van der Waals surface area contributed by atoms with Gasteiger partial charge in [0.25, 0.3) is 0 Å². The van der Waals surface area contributed by atoms with Crippen molar-refractivity contribution < 1.29 is 47.0 Å². The van der Waals surface area contributed by atoms with E-state index >= 15 is 0 Å². The summed E-state index contributed by atoms with van der Waals surface area (Å²) in [6.45, 7) is 4.19. The number of carbonyl (C=O) groups is 2. The molecule has 12 heteroatoms. The lowest BCUT2D eigenvalue weighted by atomic mass is 10.0. The zero-order valence-electron chi connectivity index (χ0n) is 35.0. The van der Waals surface area contributed by atoms with Crippen molar-refractivity contribution >= 4 is 19.8 Å². The van der Waals surface area contributed by atoms with Gasteiger partial charge in [0.2, 0.25) is 0 Å². The predicted octanol–water partition coefficient (Wildman–Crippen LogP) is 10.2. The summed E-state index contributed by atoms with van der Waals surface area (Å²) in [6, 6.07) is 0. The first-order valence-electron chi connectivity index (χ1n) is 21.9. The van der Waals surface area contributed by atoms with Gasteiger partial charge in [0.15, 0.2) is 6.10 Å². The molecule has 6 unspecified atom stereocenters. The number of hydrogen-bond acceptors (Lipinski definition) is 10. The third kappa shape index (κ3) is 28.5. The standard InChI is InChI=1S/C43H78NO10P/c1-5-7-9-11-13-15-16-17-18-20-22-24-26-30-42(45)49-35-37(36-51-55(47,48)50-33-32-44(3)4)52-43(46)31-27-29-39-41(54-39)34-40-38(53-40)28-25-23-21-19-14-12-10-8-6-2/h14,19,23,25,37-41H,5-13,15-18,20-22,24,26-36H2,1-4H3,(H,47,48)/b19-14-,25-23-. The number of rotatable bonds is 38. The van der Waals surface area contributed by atoms with E-state index in [2.05, 4.69) is 38.2 Å². The van der Waals surface area contributed by atoms with Crippen molar-refractivity contribution in [1.82, 2.24) is 4.90 Å². The van der Waals surface area contributed by atoms with Crippen molar-refractivity contribution in [2.24, 2.45) is 0 Å². The normalized spacial score (nSPS) is 21.0. The summed E-state index contributed by atoms with van der Waals surface area (Å²) in [6.07, 6.45) is 33.9. The molecule has 0 amide bonds. The maximum atomic E-state index is 12.8. The summed E-state index contributed by atoms with van der Waals surface area (Å²) in [5.41, 5.74) is 0. The predicted molar refractivity (Wildman–Crippen MR) is 219 cm³/mol. The van der Waals surface area contributed by atoms with Gasteiger partial charge < -0.3 is 28.7 Å². The highest BCUT2D eigenvalue weighted by molar-refractivity contribution is 7.47. The van der Waals surface area contributed by atoms with Crippen molar-refractivity contribution in [1.29, 1.82) is 0 Å². The Labute approximate surface area is 334 Å². The summed E-state index contributed by atoms with van der Waals surface area (Å²) in [5, 5.41) is 0. The second-order valence-electron chi connectivity index (χ2n) is 15.7. The highest BCUT2D eigenvalue weighted by atomic mass is 31.2. The average Bonchev–Trinajstić information content (AvgIpc) is 4.08. The van der Waals surface area contributed by atoms with Gasteiger partial charge >= 0.3 is 19.8 Å². The fourth-order valence-corrected chi connectivity index (χ4v) is 7.24. The van der Waals surface area contributed by atoms with Crippen LogP contribution in [-0.2, 0) is 42.1 Å². The van der Waals surface area contributed by atoms with Crippen LogP contribution in [0, 0.1) is 0 Å². The van der Waals surface area contributed by atoms with Gasteiger partial charge in [0.05, 0.1) is 37.6 Å². The van der Waals surface area contributed by atoms with Gasteiger partial charge in [0.1, 0.15) is 6.61 Å². The molecule has 0 bridgehead atoms. The molecule has 0 aromatic heterocycles. The van der Waals surface area contributed by atoms with E-state index in [1.165, 1.54) is 83.5 Å². The summed E-state index contributed by atoms with van der Waals surface area (Å²) < 4.78 is 45.2. The van der Waals surface area contributed by atoms with E-state index in [-0.39, 0.29) is 50.5 Å². The minimum absolute atomic E-state index is 0.00866. The van der Waals surface area contributed by atoms with E-state index in [9.17, 15) is 19.0 Å². The zero-order valence-corrected chi connectivity index (χ0v) is 35.9. The van der Waals surface area contributed by atoms with Crippen LogP contribution in [-0.4, -0.2) is 92.7 Å². The molecule has 2 aliphatic rings. The molecular formula is C43H78NO10P. The van der Waals surface area contributed by atoms with Crippen LogP contribution in [0.1, 0.15) is 168 Å². The van der Waals surface area contributed by atoms with E-state index in [4.69, 9.17) is 28.0 Å². The topological polar surface area (TPSA) is 137 Å². The van der Waals surface area contributed by atoms with Crippen LogP contribution >= 0.6 is 7.82 Å². The summed E-state index contributed by atoms with van der Waals surface area (Å²) in [7, 11) is -0.757. The van der Waals surface area contributed by atoms with Crippen LogP contribution in [0.2, 0.25) is 0 Å². The third-order valence-corrected chi connectivity index (χ3v) is 11.1. The van der Waals surface area contributed by atoms with Crippen LogP contribution in [0.5, 0.6) is 0 Å². The first-order chi connectivity index (χ1) is 26.6. The van der Waals surface area contributed by atoms with E-state index < -0.39 is 32.5 Å². The van der Waals surface area contributed by atoms with Gasteiger partial charge in [-0.15, -0.1) is 0 Å². The van der Waals surface area contributed by atoms with Gasteiger partial charge in [-0.05, 0) is 59.0 Å². The maximum Gasteiger partial charge on any atom is 0.472 e. The fourth-order valence-electron chi connectivity index (χ4n) is 6.50. The molecule has 0 radical (unpaired) electrons. The highest BCUT2D eigenvalue weighted by Crippen LogP contribution is 2.43. The molecule has 2 heterocycles. The minimum atomic E-state index is -4.39. The largest absolute Gasteiger partial charge is 0.472 e. The lowest BCUT2D eigenvalue weighted by Gasteiger charge is -2.20. The molecule has 0 saturated carbocycles. The highest BCUT2D eigenvalue weighted by Gasteiger charge is 2.47. The number of nitrogens with zero attached hydrogens (tertiary/aromatic N) is 1. The monoisotopic (exact) mass is 800 g/mol. The molecule has 11 nitrogen and oxygen atoms in total. The molecule has 55 heavy (non-hydrogen) atoms. The maximum absolute atomic E-state index is 12.8. The van der Waals surface area contributed by atoms with Crippen LogP contribution in [0.25, 0.3) is 0 Å².